The summed E-state index contributed by atoms with van der Waals surface area (Å²) in [7, 11) is -8.09. The number of aryl methyl sites for hydroxylation is 2. The third-order valence-corrected chi connectivity index (χ3v) is 4.03. The van der Waals surface area contributed by atoms with E-state index in [1.54, 1.807) is 0 Å². The minimum Gasteiger partial charge on any atom is -0.300 e. The number of unbranched alkanes of at least 4 members (excludes halogenated alkanes) is 1. The Morgan fingerprint density at radius 3 is 2.20 bits per heavy atom. The Hall–Kier alpha value is -1.17. The van der Waals surface area contributed by atoms with E-state index in [9.17, 15) is 21.6 Å². The average molecular weight is 328 g/mol. The fourth-order valence-corrected chi connectivity index (χ4v) is 2.62. The molecule has 1 aromatic rings. The van der Waals surface area contributed by atoms with Crippen molar-refractivity contribution in [2.45, 2.75) is 25.8 Å². The fourth-order valence-electron chi connectivity index (χ4n) is 1.58. The molecule has 0 aromatic carbocycles. The number of rotatable bonds is 8. The van der Waals surface area contributed by atoms with E-state index in [-0.39, 0.29) is 30.7 Å². The van der Waals surface area contributed by atoms with Gasteiger partial charge in [-0.05, 0) is 12.8 Å². The van der Waals surface area contributed by atoms with Crippen LogP contribution in [0.3, 0.4) is 0 Å². The summed E-state index contributed by atoms with van der Waals surface area (Å²) in [5.41, 5.74) is -0.00963. The summed E-state index contributed by atoms with van der Waals surface area (Å²) in [4.78, 5) is 11.5. The lowest BCUT2D eigenvalue weighted by Gasteiger charge is -2.01. The van der Waals surface area contributed by atoms with Crippen LogP contribution in [-0.4, -0.2) is 47.2 Å². The van der Waals surface area contributed by atoms with E-state index in [0.29, 0.717) is 12.1 Å². The SMILES string of the molecule is O=c1cc(CCS(=O)(=O)O)[nH]n1CCCCS(=O)(=O)O. The maximum atomic E-state index is 11.5. The number of H-pyrrole nitrogens is 1. The molecule has 0 saturated carbocycles. The van der Waals surface area contributed by atoms with Crippen LogP contribution in [0.1, 0.15) is 18.5 Å². The molecule has 0 radical (unpaired) electrons. The zero-order valence-corrected chi connectivity index (χ0v) is 12.2. The van der Waals surface area contributed by atoms with Gasteiger partial charge < -0.3 is 0 Å². The molecule has 0 aliphatic heterocycles. The standard InChI is InChI=1S/C9H16N2O7S2/c12-9-7-8(3-6-20(16,17)18)10-11(9)4-1-2-5-19(13,14)15/h7,10H,1-6H2,(H,13,14,15)(H,16,17,18). The summed E-state index contributed by atoms with van der Waals surface area (Å²) in [5.74, 6) is -0.867. The molecule has 0 atom stereocenters. The number of aromatic amines is 1. The smallest absolute Gasteiger partial charge is 0.266 e. The summed E-state index contributed by atoms with van der Waals surface area (Å²) in [5, 5.41) is 2.67. The molecular formula is C9H16N2O7S2. The normalized spacial score (nSPS) is 12.7. The topological polar surface area (TPSA) is 147 Å². The quantitative estimate of drug-likeness (QED) is 0.421. The molecule has 0 saturated heterocycles. The third-order valence-electron chi connectivity index (χ3n) is 2.51. The van der Waals surface area contributed by atoms with E-state index in [1.165, 1.54) is 10.7 Å². The van der Waals surface area contributed by atoms with Crippen LogP contribution in [0.2, 0.25) is 0 Å². The van der Waals surface area contributed by atoms with Gasteiger partial charge in [-0.3, -0.25) is 23.7 Å². The van der Waals surface area contributed by atoms with Crippen LogP contribution in [0.5, 0.6) is 0 Å². The summed E-state index contributed by atoms with van der Waals surface area (Å²) in [6.07, 6.45) is 0.536. The molecule has 0 aliphatic carbocycles. The van der Waals surface area contributed by atoms with Crippen molar-refractivity contribution in [2.75, 3.05) is 11.5 Å². The minimum atomic E-state index is -4.09. The van der Waals surface area contributed by atoms with Crippen molar-refractivity contribution < 1.29 is 25.9 Å². The first-order chi connectivity index (χ1) is 9.07. The van der Waals surface area contributed by atoms with Crippen molar-refractivity contribution in [3.05, 3.63) is 22.1 Å². The van der Waals surface area contributed by atoms with E-state index in [4.69, 9.17) is 9.11 Å². The molecule has 1 heterocycles. The monoisotopic (exact) mass is 328 g/mol. The first-order valence-corrected chi connectivity index (χ1v) is 8.98. The maximum Gasteiger partial charge on any atom is 0.266 e. The summed E-state index contributed by atoms with van der Waals surface area (Å²) < 4.78 is 60.5. The predicted molar refractivity (Wildman–Crippen MR) is 70.8 cm³/mol. The summed E-state index contributed by atoms with van der Waals surface area (Å²) in [6, 6.07) is 1.22. The number of aromatic nitrogens is 2. The molecule has 0 bridgehead atoms. The van der Waals surface area contributed by atoms with Crippen LogP contribution in [0, 0.1) is 0 Å². The van der Waals surface area contributed by atoms with Gasteiger partial charge in [0, 0.05) is 24.7 Å². The lowest BCUT2D eigenvalue weighted by atomic mass is 10.3. The van der Waals surface area contributed by atoms with Gasteiger partial charge in [-0.25, -0.2) is 0 Å². The Morgan fingerprint density at radius 2 is 1.65 bits per heavy atom. The lowest BCUT2D eigenvalue weighted by molar-refractivity contribution is 0.475. The van der Waals surface area contributed by atoms with E-state index in [2.05, 4.69) is 5.10 Å². The second kappa shape index (κ2) is 6.52. The Labute approximate surface area is 116 Å². The molecule has 9 nitrogen and oxygen atoms in total. The highest BCUT2D eigenvalue weighted by Crippen LogP contribution is 1.99. The van der Waals surface area contributed by atoms with Gasteiger partial charge in [-0.2, -0.15) is 16.8 Å². The molecule has 0 fully saturated rings. The molecule has 0 aliphatic rings. The molecule has 116 valence electrons. The molecule has 0 unspecified atom stereocenters. The summed E-state index contributed by atoms with van der Waals surface area (Å²) in [6.45, 7) is 0.222. The highest BCUT2D eigenvalue weighted by molar-refractivity contribution is 7.86. The highest BCUT2D eigenvalue weighted by Gasteiger charge is 2.09. The second-order valence-electron chi connectivity index (χ2n) is 4.30. The van der Waals surface area contributed by atoms with E-state index >= 15 is 0 Å². The molecule has 1 aromatic heterocycles. The van der Waals surface area contributed by atoms with Gasteiger partial charge in [0.25, 0.3) is 25.8 Å². The molecule has 11 heteroatoms. The van der Waals surface area contributed by atoms with Gasteiger partial charge in [0.15, 0.2) is 0 Å². The van der Waals surface area contributed by atoms with Crippen molar-refractivity contribution in [2.24, 2.45) is 0 Å². The maximum absolute atomic E-state index is 11.5. The molecular weight excluding hydrogens is 312 g/mol. The van der Waals surface area contributed by atoms with Gasteiger partial charge in [-0.1, -0.05) is 0 Å². The van der Waals surface area contributed by atoms with Crippen molar-refractivity contribution in [3.63, 3.8) is 0 Å². The van der Waals surface area contributed by atoms with Gasteiger partial charge in [0.1, 0.15) is 0 Å². The first kappa shape index (κ1) is 16.9. The van der Waals surface area contributed by atoms with Gasteiger partial charge in [0.2, 0.25) is 0 Å². The Balaban J connectivity index is 2.52. The van der Waals surface area contributed by atoms with Crippen molar-refractivity contribution >= 4 is 20.2 Å². The van der Waals surface area contributed by atoms with Crippen LogP contribution in [0.15, 0.2) is 10.9 Å². The van der Waals surface area contributed by atoms with Crippen LogP contribution in [0.4, 0.5) is 0 Å². The van der Waals surface area contributed by atoms with Crippen LogP contribution in [-0.2, 0) is 33.2 Å². The van der Waals surface area contributed by atoms with Gasteiger partial charge in [0.05, 0.1) is 11.5 Å². The van der Waals surface area contributed by atoms with Crippen molar-refractivity contribution in [1.29, 1.82) is 0 Å². The molecule has 0 amide bonds. The zero-order valence-electron chi connectivity index (χ0n) is 10.5. The van der Waals surface area contributed by atoms with Crippen LogP contribution < -0.4 is 5.56 Å². The number of hydrogen-bond donors (Lipinski definition) is 3. The summed E-state index contributed by atoms with van der Waals surface area (Å²) >= 11 is 0. The molecule has 20 heavy (non-hydrogen) atoms. The average Bonchev–Trinajstić information content (AvgIpc) is 2.61. The fraction of sp³-hybridized carbons (Fsp3) is 0.667. The largest absolute Gasteiger partial charge is 0.300 e. The van der Waals surface area contributed by atoms with E-state index in [1.807, 2.05) is 0 Å². The van der Waals surface area contributed by atoms with Gasteiger partial charge >= 0.3 is 0 Å². The molecule has 0 spiro atoms. The first-order valence-electron chi connectivity index (χ1n) is 5.76. The van der Waals surface area contributed by atoms with Crippen molar-refractivity contribution in [3.8, 4) is 0 Å². The zero-order chi connectivity index (χ0) is 15.4. The van der Waals surface area contributed by atoms with Crippen LogP contribution in [0.25, 0.3) is 0 Å². The lowest BCUT2D eigenvalue weighted by Crippen LogP contribution is -2.16. The van der Waals surface area contributed by atoms with Gasteiger partial charge in [-0.15, -0.1) is 0 Å². The van der Waals surface area contributed by atoms with Crippen LogP contribution >= 0.6 is 0 Å². The minimum absolute atomic E-state index is 0.0217. The number of hydrogen-bond acceptors (Lipinski definition) is 5. The predicted octanol–water partition coefficient (Wildman–Crippen LogP) is -0.725. The Kier molecular flexibility index (Phi) is 5.50. The highest BCUT2D eigenvalue weighted by atomic mass is 32.2. The Morgan fingerprint density at radius 1 is 1.05 bits per heavy atom. The Bertz CT molecular complexity index is 699. The van der Waals surface area contributed by atoms with Crippen molar-refractivity contribution in [1.82, 2.24) is 9.78 Å². The molecule has 1 rings (SSSR count). The van der Waals surface area contributed by atoms with E-state index < -0.39 is 26.0 Å². The number of nitrogens with one attached hydrogen (secondary N) is 1. The number of nitrogens with zero attached hydrogens (tertiary/aromatic N) is 1. The van der Waals surface area contributed by atoms with E-state index in [0.717, 1.165) is 0 Å². The molecule has 3 N–H and O–H groups in total. The third kappa shape index (κ3) is 6.84. The second-order valence-corrected chi connectivity index (χ2v) is 7.44.